The number of nitrogens with one attached hydrogen (secondary N) is 1. The quantitative estimate of drug-likeness (QED) is 0.888. The highest BCUT2D eigenvalue weighted by atomic mass is 16.5. The molecule has 1 aromatic rings. The highest BCUT2D eigenvalue weighted by molar-refractivity contribution is 5.90. The number of hydrogen-bond acceptors (Lipinski definition) is 3. The third kappa shape index (κ3) is 3.53. The summed E-state index contributed by atoms with van der Waals surface area (Å²) in [5, 5.41) is 12.2. The summed E-state index contributed by atoms with van der Waals surface area (Å²) in [6.45, 7) is 5.07. The number of urea groups is 1. The van der Waals surface area contributed by atoms with Crippen LogP contribution < -0.4 is 5.32 Å². The minimum absolute atomic E-state index is 0.154. The van der Waals surface area contributed by atoms with Crippen molar-refractivity contribution in [2.45, 2.75) is 38.2 Å². The lowest BCUT2D eigenvalue weighted by atomic mass is 9.84. The first kappa shape index (κ1) is 16.8. The molecule has 1 saturated heterocycles. The number of amides is 2. The summed E-state index contributed by atoms with van der Waals surface area (Å²) in [7, 11) is 0. The number of morpholine rings is 1. The van der Waals surface area contributed by atoms with E-state index in [2.05, 4.69) is 5.32 Å². The van der Waals surface area contributed by atoms with Gasteiger partial charge in [-0.15, -0.1) is 0 Å². The molecule has 6 nitrogen and oxygen atoms in total. The van der Waals surface area contributed by atoms with Crippen LogP contribution in [0.4, 0.5) is 10.5 Å². The molecule has 2 amide bonds. The first-order chi connectivity index (χ1) is 11.4. The van der Waals surface area contributed by atoms with Crippen molar-refractivity contribution in [2.75, 3.05) is 25.0 Å². The van der Waals surface area contributed by atoms with Crippen molar-refractivity contribution in [2.24, 2.45) is 5.92 Å². The Labute approximate surface area is 141 Å². The van der Waals surface area contributed by atoms with Gasteiger partial charge in [0.2, 0.25) is 0 Å². The molecule has 1 saturated carbocycles. The Hall–Kier alpha value is -2.08. The van der Waals surface area contributed by atoms with Crippen molar-refractivity contribution in [3.63, 3.8) is 0 Å². The minimum Gasteiger partial charge on any atom is -0.481 e. The van der Waals surface area contributed by atoms with E-state index in [0.29, 0.717) is 36.9 Å². The van der Waals surface area contributed by atoms with E-state index in [1.165, 1.54) is 12.8 Å². The molecule has 0 aromatic heterocycles. The summed E-state index contributed by atoms with van der Waals surface area (Å²) in [6, 6.07) is 6.88. The Morgan fingerprint density at radius 3 is 2.75 bits per heavy atom. The number of benzene rings is 1. The van der Waals surface area contributed by atoms with Gasteiger partial charge in [-0.05, 0) is 50.3 Å². The van der Waals surface area contributed by atoms with Crippen molar-refractivity contribution in [3.05, 3.63) is 29.8 Å². The highest BCUT2D eigenvalue weighted by Gasteiger charge is 2.36. The standard InChI is InChI=1S/C18H24N2O4/c1-18(2,16(21)22)13-4-3-5-14(10-13)19-17(23)20-8-9-24-15(11-20)12-6-7-12/h3-5,10,12,15H,6-9,11H2,1-2H3,(H,19,23)(H,21,22). The van der Waals surface area contributed by atoms with Gasteiger partial charge in [-0.25, -0.2) is 4.79 Å². The number of nitrogens with zero attached hydrogens (tertiary/aromatic N) is 1. The zero-order valence-corrected chi connectivity index (χ0v) is 14.1. The fraction of sp³-hybridized carbons (Fsp3) is 0.556. The molecule has 3 rings (SSSR count). The largest absolute Gasteiger partial charge is 0.481 e. The number of hydrogen-bond donors (Lipinski definition) is 2. The maximum Gasteiger partial charge on any atom is 0.322 e. The molecule has 0 radical (unpaired) electrons. The molecule has 24 heavy (non-hydrogen) atoms. The predicted molar refractivity (Wildman–Crippen MR) is 90.2 cm³/mol. The van der Waals surface area contributed by atoms with Gasteiger partial charge in [0.15, 0.2) is 0 Å². The number of carboxylic acid groups (broad SMARTS) is 1. The third-order valence-electron chi connectivity index (χ3n) is 4.90. The second kappa shape index (κ2) is 6.43. The van der Waals surface area contributed by atoms with E-state index in [0.717, 1.165) is 0 Å². The summed E-state index contributed by atoms with van der Waals surface area (Å²) in [4.78, 5) is 25.7. The topological polar surface area (TPSA) is 78.9 Å². The average molecular weight is 332 g/mol. The third-order valence-corrected chi connectivity index (χ3v) is 4.90. The Kier molecular flexibility index (Phi) is 4.49. The van der Waals surface area contributed by atoms with E-state index < -0.39 is 11.4 Å². The van der Waals surface area contributed by atoms with Crippen molar-refractivity contribution in [3.8, 4) is 0 Å². The molecule has 1 atom stereocenters. The lowest BCUT2D eigenvalue weighted by Crippen LogP contribution is -2.48. The minimum atomic E-state index is -1.00. The second-order valence-electron chi connectivity index (χ2n) is 7.13. The molecule has 130 valence electrons. The van der Waals surface area contributed by atoms with E-state index in [1.807, 2.05) is 0 Å². The molecule has 1 aliphatic heterocycles. The van der Waals surface area contributed by atoms with Crippen LogP contribution >= 0.6 is 0 Å². The Morgan fingerprint density at radius 2 is 2.08 bits per heavy atom. The molecule has 1 heterocycles. The van der Waals surface area contributed by atoms with Gasteiger partial charge < -0.3 is 20.1 Å². The first-order valence-corrected chi connectivity index (χ1v) is 8.39. The van der Waals surface area contributed by atoms with Crippen molar-refractivity contribution < 1.29 is 19.4 Å². The van der Waals surface area contributed by atoms with Crippen LogP contribution in [-0.4, -0.2) is 47.8 Å². The summed E-state index contributed by atoms with van der Waals surface area (Å²) in [5.41, 5.74) is 0.267. The van der Waals surface area contributed by atoms with Gasteiger partial charge in [0.05, 0.1) is 18.1 Å². The predicted octanol–water partition coefficient (Wildman–Crippen LogP) is 2.69. The maximum absolute atomic E-state index is 12.5. The van der Waals surface area contributed by atoms with Gasteiger partial charge in [-0.3, -0.25) is 4.79 Å². The molecule has 1 aliphatic carbocycles. The number of aliphatic carboxylic acids is 1. The molecule has 2 fully saturated rings. The average Bonchev–Trinajstić information content (AvgIpc) is 3.40. The van der Waals surface area contributed by atoms with Gasteiger partial charge in [0.1, 0.15) is 0 Å². The van der Waals surface area contributed by atoms with Gasteiger partial charge in [-0.1, -0.05) is 12.1 Å². The van der Waals surface area contributed by atoms with Crippen LogP contribution in [0.1, 0.15) is 32.3 Å². The number of ether oxygens (including phenoxy) is 1. The van der Waals surface area contributed by atoms with Crippen molar-refractivity contribution >= 4 is 17.7 Å². The zero-order valence-electron chi connectivity index (χ0n) is 14.1. The number of carbonyl (C=O) groups excluding carboxylic acids is 1. The fourth-order valence-electron chi connectivity index (χ4n) is 2.92. The van der Waals surface area contributed by atoms with Crippen LogP contribution in [0.5, 0.6) is 0 Å². The van der Waals surface area contributed by atoms with Crippen LogP contribution in [0.3, 0.4) is 0 Å². The van der Waals surface area contributed by atoms with Gasteiger partial charge in [-0.2, -0.15) is 0 Å². The van der Waals surface area contributed by atoms with E-state index in [4.69, 9.17) is 4.74 Å². The molecule has 1 aromatic carbocycles. The van der Waals surface area contributed by atoms with Crippen molar-refractivity contribution in [1.29, 1.82) is 0 Å². The molecular formula is C18H24N2O4. The normalized spacial score (nSPS) is 21.4. The molecule has 6 heteroatoms. The second-order valence-corrected chi connectivity index (χ2v) is 7.13. The Morgan fingerprint density at radius 1 is 1.33 bits per heavy atom. The van der Waals surface area contributed by atoms with Crippen LogP contribution in [0, 0.1) is 5.92 Å². The summed E-state index contributed by atoms with van der Waals surface area (Å²) >= 11 is 0. The lowest BCUT2D eigenvalue weighted by molar-refractivity contribution is -0.142. The van der Waals surface area contributed by atoms with E-state index >= 15 is 0 Å². The highest BCUT2D eigenvalue weighted by Crippen LogP contribution is 2.35. The van der Waals surface area contributed by atoms with Crippen LogP contribution in [0.2, 0.25) is 0 Å². The van der Waals surface area contributed by atoms with Crippen LogP contribution in [0.25, 0.3) is 0 Å². The van der Waals surface area contributed by atoms with Crippen LogP contribution in [0.15, 0.2) is 24.3 Å². The van der Waals surface area contributed by atoms with E-state index in [9.17, 15) is 14.7 Å². The SMILES string of the molecule is CC(C)(C(=O)O)c1cccc(NC(=O)N2CCOC(C3CC3)C2)c1. The number of carboxylic acids is 1. The summed E-state index contributed by atoms with van der Waals surface area (Å²) in [5.74, 6) is -0.299. The number of rotatable bonds is 4. The molecule has 1 unspecified atom stereocenters. The Bertz CT molecular complexity index is 640. The summed E-state index contributed by atoms with van der Waals surface area (Å²) in [6.07, 6.45) is 2.53. The first-order valence-electron chi connectivity index (χ1n) is 8.39. The molecular weight excluding hydrogens is 308 g/mol. The molecule has 0 spiro atoms. The Balaban J connectivity index is 1.67. The summed E-state index contributed by atoms with van der Waals surface area (Å²) < 4.78 is 5.74. The van der Waals surface area contributed by atoms with E-state index in [1.54, 1.807) is 43.0 Å². The van der Waals surface area contributed by atoms with Crippen molar-refractivity contribution in [1.82, 2.24) is 4.90 Å². The van der Waals surface area contributed by atoms with E-state index in [-0.39, 0.29) is 12.1 Å². The van der Waals surface area contributed by atoms with Gasteiger partial charge in [0.25, 0.3) is 0 Å². The van der Waals surface area contributed by atoms with Gasteiger partial charge in [0, 0.05) is 18.8 Å². The molecule has 0 bridgehead atoms. The monoisotopic (exact) mass is 332 g/mol. The molecule has 2 aliphatic rings. The molecule has 2 N–H and O–H groups in total. The smallest absolute Gasteiger partial charge is 0.322 e. The van der Waals surface area contributed by atoms with Crippen LogP contribution in [-0.2, 0) is 14.9 Å². The number of carbonyl (C=O) groups is 2. The number of anilines is 1. The maximum atomic E-state index is 12.5. The zero-order chi connectivity index (χ0) is 17.3. The van der Waals surface area contributed by atoms with Gasteiger partial charge >= 0.3 is 12.0 Å². The lowest BCUT2D eigenvalue weighted by Gasteiger charge is -2.33. The fourth-order valence-corrected chi connectivity index (χ4v) is 2.92.